The van der Waals surface area contributed by atoms with Crippen molar-refractivity contribution in [1.29, 1.82) is 0 Å². The highest BCUT2D eigenvalue weighted by atomic mass is 32.1. The standard InChI is InChI=1S/C32H33FN6O5S/c1-32(2,3)44-31(42)38-23-11-13-39(29(23)40)17-18-4-8-22(35-16-18)27-15-24-28(45-27)26(10-12-34-24)43-25-9-7-20(14-21(25)33)37-30(41)36-19-5-6-19/h4,7-10,12,14-16,19,23H,5-6,11,13,17H2,1-3H3,(H,38,42)(H2,36,37,41). The predicted molar refractivity (Wildman–Crippen MR) is 168 cm³/mol. The number of carbonyl (C=O) groups excluding carboxylic acids is 3. The van der Waals surface area contributed by atoms with Gasteiger partial charge < -0.3 is 30.3 Å². The molecule has 0 bridgehead atoms. The molecule has 6 rings (SSSR count). The van der Waals surface area contributed by atoms with Gasteiger partial charge in [-0.25, -0.2) is 14.0 Å². The number of hydrogen-bond donors (Lipinski definition) is 3. The molecule has 1 aromatic carbocycles. The number of carbonyl (C=O) groups is 3. The molecule has 3 aromatic heterocycles. The zero-order valence-electron chi connectivity index (χ0n) is 25.1. The third kappa shape index (κ3) is 7.48. The van der Waals surface area contributed by atoms with Crippen LogP contribution in [0.15, 0.2) is 54.9 Å². The number of nitrogens with zero attached hydrogens (tertiary/aromatic N) is 3. The van der Waals surface area contributed by atoms with Crippen molar-refractivity contribution in [2.75, 3.05) is 11.9 Å². The highest BCUT2D eigenvalue weighted by Crippen LogP contribution is 2.39. The summed E-state index contributed by atoms with van der Waals surface area (Å²) in [6.45, 7) is 6.20. The van der Waals surface area contributed by atoms with E-state index >= 15 is 0 Å². The summed E-state index contributed by atoms with van der Waals surface area (Å²) < 4.78 is 26.9. The summed E-state index contributed by atoms with van der Waals surface area (Å²) in [5, 5.41) is 8.10. The van der Waals surface area contributed by atoms with Gasteiger partial charge in [0.25, 0.3) is 0 Å². The van der Waals surface area contributed by atoms with E-state index in [9.17, 15) is 18.8 Å². The Balaban J connectivity index is 1.10. The van der Waals surface area contributed by atoms with Crippen LogP contribution in [0.25, 0.3) is 20.8 Å². The van der Waals surface area contributed by atoms with Gasteiger partial charge in [0.05, 0.1) is 20.8 Å². The smallest absolute Gasteiger partial charge is 0.408 e. The molecular formula is C32H33FN6O5S. The van der Waals surface area contributed by atoms with Crippen molar-refractivity contribution in [2.24, 2.45) is 0 Å². The third-order valence-electron chi connectivity index (χ3n) is 7.14. The highest BCUT2D eigenvalue weighted by Gasteiger charge is 2.34. The highest BCUT2D eigenvalue weighted by molar-refractivity contribution is 7.22. The van der Waals surface area contributed by atoms with E-state index in [-0.39, 0.29) is 23.7 Å². The molecular weight excluding hydrogens is 599 g/mol. The van der Waals surface area contributed by atoms with Gasteiger partial charge >= 0.3 is 12.1 Å². The van der Waals surface area contributed by atoms with Crippen molar-refractivity contribution in [3.8, 4) is 22.1 Å². The molecule has 4 aromatic rings. The van der Waals surface area contributed by atoms with E-state index in [0.717, 1.165) is 33.7 Å². The lowest BCUT2D eigenvalue weighted by molar-refractivity contribution is -0.129. The number of rotatable bonds is 8. The second-order valence-electron chi connectivity index (χ2n) is 12.1. The molecule has 2 fully saturated rings. The minimum Gasteiger partial charge on any atom is -0.453 e. The average molecular weight is 633 g/mol. The molecule has 1 saturated carbocycles. The van der Waals surface area contributed by atoms with Gasteiger partial charge in [0.15, 0.2) is 11.6 Å². The number of likely N-dealkylation sites (tertiary alicyclic amines) is 1. The quantitative estimate of drug-likeness (QED) is 0.211. The van der Waals surface area contributed by atoms with Crippen LogP contribution in [0.2, 0.25) is 0 Å². The summed E-state index contributed by atoms with van der Waals surface area (Å²) in [6.07, 6.45) is 5.14. The van der Waals surface area contributed by atoms with E-state index < -0.39 is 23.6 Å². The molecule has 13 heteroatoms. The van der Waals surface area contributed by atoms with Crippen LogP contribution in [-0.2, 0) is 16.1 Å². The molecule has 4 heterocycles. The second kappa shape index (κ2) is 12.3. The van der Waals surface area contributed by atoms with Gasteiger partial charge in [-0.05, 0) is 69.9 Å². The van der Waals surface area contributed by atoms with Crippen LogP contribution in [-0.4, -0.2) is 57.1 Å². The first-order chi connectivity index (χ1) is 21.5. The first-order valence-corrected chi connectivity index (χ1v) is 15.5. The number of hydrogen-bond acceptors (Lipinski definition) is 8. The molecule has 3 N–H and O–H groups in total. The minimum absolute atomic E-state index is 0.0214. The van der Waals surface area contributed by atoms with Crippen LogP contribution in [0, 0.1) is 5.82 Å². The van der Waals surface area contributed by atoms with Gasteiger partial charge in [-0.2, -0.15) is 0 Å². The number of ether oxygens (including phenoxy) is 2. The summed E-state index contributed by atoms with van der Waals surface area (Å²) in [5.74, 6) is -0.301. The molecule has 1 aliphatic carbocycles. The van der Waals surface area contributed by atoms with Crippen molar-refractivity contribution >= 4 is 45.3 Å². The zero-order valence-corrected chi connectivity index (χ0v) is 25.9. The number of nitrogens with one attached hydrogen (secondary N) is 3. The van der Waals surface area contributed by atoms with Crippen molar-refractivity contribution in [2.45, 2.75) is 64.3 Å². The van der Waals surface area contributed by atoms with Crippen molar-refractivity contribution < 1.29 is 28.2 Å². The van der Waals surface area contributed by atoms with Crippen LogP contribution in [0.3, 0.4) is 0 Å². The second-order valence-corrected chi connectivity index (χ2v) is 13.1. The van der Waals surface area contributed by atoms with Gasteiger partial charge in [0.1, 0.15) is 17.4 Å². The number of fused-ring (bicyclic) bond motifs is 1. The summed E-state index contributed by atoms with van der Waals surface area (Å²) >= 11 is 1.42. The number of alkyl carbamates (subject to hydrolysis) is 1. The third-order valence-corrected chi connectivity index (χ3v) is 8.30. The maximum atomic E-state index is 14.9. The summed E-state index contributed by atoms with van der Waals surface area (Å²) in [5.41, 5.74) is 1.94. The molecule has 1 unspecified atom stereocenters. The fourth-order valence-corrected chi connectivity index (χ4v) is 5.89. The van der Waals surface area contributed by atoms with E-state index in [1.54, 1.807) is 50.2 Å². The fourth-order valence-electron chi connectivity index (χ4n) is 4.85. The van der Waals surface area contributed by atoms with Crippen molar-refractivity contribution in [1.82, 2.24) is 25.5 Å². The SMILES string of the molecule is CC(C)(C)OC(=O)NC1CCN(Cc2ccc(-c3cc4nccc(Oc5ccc(NC(=O)NC6CC6)cc5F)c4s3)nc2)C1=O. The van der Waals surface area contributed by atoms with Gasteiger partial charge in [-0.1, -0.05) is 6.07 Å². The number of amides is 4. The van der Waals surface area contributed by atoms with E-state index in [4.69, 9.17) is 9.47 Å². The molecule has 2 aliphatic rings. The van der Waals surface area contributed by atoms with Crippen LogP contribution in [0.1, 0.15) is 45.6 Å². The maximum absolute atomic E-state index is 14.9. The average Bonchev–Trinajstić information content (AvgIpc) is 3.57. The number of aromatic nitrogens is 2. The maximum Gasteiger partial charge on any atom is 0.408 e. The number of pyridine rings is 2. The van der Waals surface area contributed by atoms with E-state index in [1.807, 2.05) is 18.2 Å². The molecule has 0 spiro atoms. The monoisotopic (exact) mass is 632 g/mol. The Kier molecular flexibility index (Phi) is 8.28. The van der Waals surface area contributed by atoms with Gasteiger partial charge in [0, 0.05) is 49.3 Å². The van der Waals surface area contributed by atoms with Gasteiger partial charge in [-0.15, -0.1) is 11.3 Å². The Morgan fingerprint density at radius 3 is 2.58 bits per heavy atom. The number of halogens is 1. The lowest BCUT2D eigenvalue weighted by Crippen LogP contribution is -2.43. The largest absolute Gasteiger partial charge is 0.453 e. The topological polar surface area (TPSA) is 135 Å². The molecule has 11 nitrogen and oxygen atoms in total. The fraction of sp³-hybridized carbons (Fsp3) is 0.344. The zero-order chi connectivity index (χ0) is 31.7. The number of anilines is 1. The summed E-state index contributed by atoms with van der Waals surface area (Å²) in [7, 11) is 0. The number of benzene rings is 1. The van der Waals surface area contributed by atoms with Crippen LogP contribution in [0.4, 0.5) is 19.7 Å². The molecule has 1 aliphatic heterocycles. The Morgan fingerprint density at radius 1 is 1.04 bits per heavy atom. The summed E-state index contributed by atoms with van der Waals surface area (Å²) in [4.78, 5) is 48.5. The molecule has 4 amide bonds. The molecule has 0 radical (unpaired) electrons. The first-order valence-electron chi connectivity index (χ1n) is 14.7. The Hall–Kier alpha value is -4.78. The van der Waals surface area contributed by atoms with E-state index in [0.29, 0.717) is 36.5 Å². The molecule has 45 heavy (non-hydrogen) atoms. The predicted octanol–water partition coefficient (Wildman–Crippen LogP) is 6.20. The lowest BCUT2D eigenvalue weighted by Gasteiger charge is -2.21. The molecule has 234 valence electrons. The summed E-state index contributed by atoms with van der Waals surface area (Å²) in [6, 6.07) is 10.9. The van der Waals surface area contributed by atoms with Crippen molar-refractivity contribution in [3.63, 3.8) is 0 Å². The Bertz CT molecular complexity index is 1750. The van der Waals surface area contributed by atoms with Gasteiger partial charge in [0.2, 0.25) is 5.91 Å². The minimum atomic E-state index is -0.643. The lowest BCUT2D eigenvalue weighted by atomic mass is 10.2. The Morgan fingerprint density at radius 2 is 1.87 bits per heavy atom. The number of thiophene rings is 1. The first kappa shape index (κ1) is 30.3. The Labute approximate surface area is 263 Å². The van der Waals surface area contributed by atoms with E-state index in [2.05, 4.69) is 25.9 Å². The van der Waals surface area contributed by atoms with E-state index in [1.165, 1.54) is 23.5 Å². The number of urea groups is 1. The van der Waals surface area contributed by atoms with Crippen LogP contribution >= 0.6 is 11.3 Å². The van der Waals surface area contributed by atoms with Crippen LogP contribution in [0.5, 0.6) is 11.5 Å². The van der Waals surface area contributed by atoms with Crippen LogP contribution < -0.4 is 20.7 Å². The normalized spacial score (nSPS) is 16.5. The van der Waals surface area contributed by atoms with Crippen molar-refractivity contribution in [3.05, 3.63) is 66.2 Å². The van der Waals surface area contributed by atoms with Gasteiger partial charge in [-0.3, -0.25) is 14.8 Å². The molecule has 1 saturated heterocycles. The molecule has 1 atom stereocenters.